The van der Waals surface area contributed by atoms with Crippen molar-refractivity contribution in [3.05, 3.63) is 65.3 Å². The first-order valence-electron chi connectivity index (χ1n) is 10.8. The lowest BCUT2D eigenvalue weighted by atomic mass is 9.90. The topological polar surface area (TPSA) is 42.3 Å². The maximum Gasteiger partial charge on any atom is 0.243 e. The third kappa shape index (κ3) is 4.29. The number of hydrogen-bond donors (Lipinski definition) is 0. The first kappa shape index (κ1) is 21.4. The molecule has 0 radical (unpaired) electrons. The van der Waals surface area contributed by atoms with E-state index in [9.17, 15) is 8.42 Å². The Balaban J connectivity index is 1.51. The standard InChI is InChI=1S/C24H29ClN2O2S/c1-2-3-6-15-26-18-23(22-7-4-5-8-24(22)26)19-13-16-27(17-14-19)30(28,29)21-11-9-20(25)10-12-21/h4-5,7-12,18-19H,2-3,6,13-17H2,1H3. The Morgan fingerprint density at radius 2 is 1.70 bits per heavy atom. The molecule has 3 aromatic rings. The molecule has 4 rings (SSSR count). The summed E-state index contributed by atoms with van der Waals surface area (Å²) >= 11 is 5.91. The van der Waals surface area contributed by atoms with Gasteiger partial charge in [-0.25, -0.2) is 8.42 Å². The van der Waals surface area contributed by atoms with Gasteiger partial charge in [0.15, 0.2) is 0 Å². The van der Waals surface area contributed by atoms with Crippen LogP contribution in [0.4, 0.5) is 0 Å². The molecule has 30 heavy (non-hydrogen) atoms. The lowest BCUT2D eigenvalue weighted by Gasteiger charge is -2.31. The van der Waals surface area contributed by atoms with Crippen molar-refractivity contribution < 1.29 is 8.42 Å². The zero-order valence-corrected chi connectivity index (χ0v) is 19.0. The Hall–Kier alpha value is -1.82. The average molecular weight is 445 g/mol. The largest absolute Gasteiger partial charge is 0.347 e. The summed E-state index contributed by atoms with van der Waals surface area (Å²) in [5.74, 6) is 0.388. The second-order valence-corrected chi connectivity index (χ2v) is 10.5. The van der Waals surface area contributed by atoms with Crippen molar-refractivity contribution in [3.63, 3.8) is 0 Å². The molecule has 1 fully saturated rings. The molecule has 0 spiro atoms. The number of aryl methyl sites for hydroxylation is 1. The predicted molar refractivity (Wildman–Crippen MR) is 124 cm³/mol. The van der Waals surface area contributed by atoms with Crippen molar-refractivity contribution in [2.45, 2.75) is 56.4 Å². The Kier molecular flexibility index (Phi) is 6.51. The van der Waals surface area contributed by atoms with Crippen LogP contribution in [0, 0.1) is 0 Å². The van der Waals surface area contributed by atoms with E-state index in [0.717, 1.165) is 19.4 Å². The fourth-order valence-corrected chi connectivity index (χ4v) is 6.08. The Morgan fingerprint density at radius 3 is 2.40 bits per heavy atom. The van der Waals surface area contributed by atoms with Crippen LogP contribution in [0.1, 0.15) is 50.5 Å². The lowest BCUT2D eigenvalue weighted by Crippen LogP contribution is -2.37. The second-order valence-electron chi connectivity index (χ2n) is 8.13. The summed E-state index contributed by atoms with van der Waals surface area (Å²) in [4.78, 5) is 0.317. The van der Waals surface area contributed by atoms with Gasteiger partial charge < -0.3 is 4.57 Å². The maximum atomic E-state index is 13.0. The Bertz CT molecular complexity index is 1100. The zero-order chi connectivity index (χ0) is 21.1. The number of aromatic nitrogens is 1. The highest BCUT2D eigenvalue weighted by Gasteiger charge is 2.31. The van der Waals surface area contributed by atoms with Crippen LogP contribution in [0.3, 0.4) is 0 Å². The monoisotopic (exact) mass is 444 g/mol. The molecule has 0 bridgehead atoms. The van der Waals surface area contributed by atoms with Gasteiger partial charge in [-0.05, 0) is 61.1 Å². The van der Waals surface area contributed by atoms with E-state index in [1.165, 1.54) is 35.7 Å². The minimum Gasteiger partial charge on any atom is -0.347 e. The highest BCUT2D eigenvalue weighted by molar-refractivity contribution is 7.89. The lowest BCUT2D eigenvalue weighted by molar-refractivity contribution is 0.320. The smallest absolute Gasteiger partial charge is 0.243 e. The molecular weight excluding hydrogens is 416 g/mol. The van der Waals surface area contributed by atoms with Crippen LogP contribution in [-0.4, -0.2) is 30.4 Å². The number of para-hydroxylation sites is 1. The van der Waals surface area contributed by atoms with Crippen LogP contribution in [0.15, 0.2) is 59.6 Å². The summed E-state index contributed by atoms with van der Waals surface area (Å²) in [6.07, 6.45) is 7.64. The third-order valence-electron chi connectivity index (χ3n) is 6.17. The molecule has 1 saturated heterocycles. The summed E-state index contributed by atoms with van der Waals surface area (Å²) < 4.78 is 30.0. The van der Waals surface area contributed by atoms with Gasteiger partial charge in [-0.1, -0.05) is 49.6 Å². The molecule has 2 heterocycles. The predicted octanol–water partition coefficient (Wildman–Crippen LogP) is 6.05. The highest BCUT2D eigenvalue weighted by Crippen LogP contribution is 2.36. The van der Waals surface area contributed by atoms with Crippen LogP contribution in [0.25, 0.3) is 10.9 Å². The number of piperidine rings is 1. The van der Waals surface area contributed by atoms with Gasteiger partial charge in [0.25, 0.3) is 0 Å². The third-order valence-corrected chi connectivity index (χ3v) is 8.33. The Labute approximate surface area is 184 Å². The number of benzene rings is 2. The van der Waals surface area contributed by atoms with Crippen LogP contribution >= 0.6 is 11.6 Å². The minimum absolute atomic E-state index is 0.317. The van der Waals surface area contributed by atoms with E-state index in [0.29, 0.717) is 28.9 Å². The number of fused-ring (bicyclic) bond motifs is 1. The second kappa shape index (κ2) is 9.13. The summed E-state index contributed by atoms with van der Waals surface area (Å²) in [5, 5.41) is 1.86. The quantitative estimate of drug-likeness (QED) is 0.416. The van der Waals surface area contributed by atoms with Crippen molar-refractivity contribution in [1.29, 1.82) is 0 Å². The zero-order valence-electron chi connectivity index (χ0n) is 17.4. The molecule has 6 heteroatoms. The molecule has 0 saturated carbocycles. The number of halogens is 1. The van der Waals surface area contributed by atoms with Gasteiger partial charge in [-0.15, -0.1) is 0 Å². The minimum atomic E-state index is -3.47. The molecule has 1 aliphatic heterocycles. The normalized spacial score (nSPS) is 16.3. The molecule has 0 N–H and O–H groups in total. The van der Waals surface area contributed by atoms with E-state index in [1.54, 1.807) is 28.6 Å². The van der Waals surface area contributed by atoms with Gasteiger partial charge in [0, 0.05) is 41.8 Å². The number of sulfonamides is 1. The molecule has 2 aromatic carbocycles. The van der Waals surface area contributed by atoms with Crippen molar-refractivity contribution in [2.24, 2.45) is 0 Å². The fraction of sp³-hybridized carbons (Fsp3) is 0.417. The molecular formula is C24H29ClN2O2S. The van der Waals surface area contributed by atoms with E-state index in [-0.39, 0.29) is 0 Å². The Morgan fingerprint density at radius 1 is 1.00 bits per heavy atom. The van der Waals surface area contributed by atoms with Gasteiger partial charge in [-0.2, -0.15) is 4.31 Å². The molecule has 0 atom stereocenters. The van der Waals surface area contributed by atoms with Gasteiger partial charge >= 0.3 is 0 Å². The molecule has 0 amide bonds. The van der Waals surface area contributed by atoms with Crippen molar-refractivity contribution in [1.82, 2.24) is 8.87 Å². The number of unbranched alkanes of at least 4 members (excludes halogenated alkanes) is 2. The summed E-state index contributed by atoms with van der Waals surface area (Å²) in [6.45, 7) is 4.36. The van der Waals surface area contributed by atoms with E-state index in [2.05, 4.69) is 42.0 Å². The fourth-order valence-electron chi connectivity index (χ4n) is 4.48. The molecule has 1 aromatic heterocycles. The van der Waals surface area contributed by atoms with Crippen LogP contribution in [0.2, 0.25) is 5.02 Å². The molecule has 0 unspecified atom stereocenters. The van der Waals surface area contributed by atoms with Gasteiger partial charge in [0.1, 0.15) is 0 Å². The van der Waals surface area contributed by atoms with Gasteiger partial charge in [0.2, 0.25) is 10.0 Å². The van der Waals surface area contributed by atoms with Crippen LogP contribution < -0.4 is 0 Å². The summed E-state index contributed by atoms with van der Waals surface area (Å²) in [7, 11) is -3.47. The molecule has 160 valence electrons. The van der Waals surface area contributed by atoms with E-state index in [1.807, 2.05) is 0 Å². The first-order chi connectivity index (χ1) is 14.5. The van der Waals surface area contributed by atoms with Crippen molar-refractivity contribution >= 4 is 32.5 Å². The molecule has 0 aliphatic carbocycles. The number of nitrogens with zero attached hydrogens (tertiary/aromatic N) is 2. The van der Waals surface area contributed by atoms with Crippen LogP contribution in [0.5, 0.6) is 0 Å². The number of hydrogen-bond acceptors (Lipinski definition) is 2. The highest BCUT2D eigenvalue weighted by atomic mass is 35.5. The van der Waals surface area contributed by atoms with Crippen molar-refractivity contribution in [2.75, 3.05) is 13.1 Å². The van der Waals surface area contributed by atoms with Crippen LogP contribution in [-0.2, 0) is 16.6 Å². The van der Waals surface area contributed by atoms with Crippen molar-refractivity contribution in [3.8, 4) is 0 Å². The molecule has 4 nitrogen and oxygen atoms in total. The summed E-state index contributed by atoms with van der Waals surface area (Å²) in [6, 6.07) is 15.1. The SMILES string of the molecule is CCCCCn1cc(C2CCN(S(=O)(=O)c3ccc(Cl)cc3)CC2)c2ccccc21. The first-order valence-corrected chi connectivity index (χ1v) is 12.7. The average Bonchev–Trinajstić information content (AvgIpc) is 3.13. The number of rotatable bonds is 7. The van der Waals surface area contributed by atoms with Gasteiger partial charge in [0.05, 0.1) is 4.90 Å². The van der Waals surface area contributed by atoms with Gasteiger partial charge in [-0.3, -0.25) is 0 Å². The van der Waals surface area contributed by atoms with E-state index in [4.69, 9.17) is 11.6 Å². The summed E-state index contributed by atoms with van der Waals surface area (Å²) in [5.41, 5.74) is 2.66. The maximum absolute atomic E-state index is 13.0. The van der Waals surface area contributed by atoms with E-state index < -0.39 is 10.0 Å². The van der Waals surface area contributed by atoms with E-state index >= 15 is 0 Å². The molecule has 1 aliphatic rings.